The Morgan fingerprint density at radius 3 is 3.00 bits per heavy atom. The van der Waals surface area contributed by atoms with Crippen LogP contribution in [0.25, 0.3) is 16.6 Å². The molecule has 0 aliphatic carbocycles. The predicted molar refractivity (Wildman–Crippen MR) is 82.1 cm³/mol. The molecule has 0 unspecified atom stereocenters. The smallest absolute Gasteiger partial charge is 0.0667 e. The van der Waals surface area contributed by atoms with Gasteiger partial charge in [0.1, 0.15) is 0 Å². The van der Waals surface area contributed by atoms with E-state index in [0.717, 1.165) is 12.1 Å². The van der Waals surface area contributed by atoms with Crippen molar-refractivity contribution in [3.8, 4) is 11.1 Å². The van der Waals surface area contributed by atoms with Crippen LogP contribution in [0.15, 0.2) is 48.8 Å². The highest BCUT2D eigenvalue weighted by Crippen LogP contribution is 2.42. The van der Waals surface area contributed by atoms with Gasteiger partial charge in [-0.15, -0.1) is 0 Å². The third kappa shape index (κ3) is 1.56. The minimum atomic E-state index is 0.200. The molecule has 1 aliphatic heterocycles. The van der Waals surface area contributed by atoms with Gasteiger partial charge in [-0.2, -0.15) is 5.10 Å². The van der Waals surface area contributed by atoms with Crippen molar-refractivity contribution in [2.45, 2.75) is 19.3 Å². The number of fused-ring (bicyclic) bond motifs is 2. The maximum absolute atomic E-state index is 4.25. The molecule has 0 atom stereocenters. The SMILES string of the molecule is CC1(C)CNc2c(-c3ccn4nccc4c3)cccc21. The van der Waals surface area contributed by atoms with E-state index < -0.39 is 0 Å². The van der Waals surface area contributed by atoms with E-state index in [2.05, 4.69) is 54.6 Å². The van der Waals surface area contributed by atoms with Crippen molar-refractivity contribution in [3.05, 3.63) is 54.4 Å². The van der Waals surface area contributed by atoms with Gasteiger partial charge in [-0.3, -0.25) is 0 Å². The molecule has 0 spiro atoms. The van der Waals surface area contributed by atoms with Crippen LogP contribution >= 0.6 is 0 Å². The molecule has 0 amide bonds. The number of hydrogen-bond acceptors (Lipinski definition) is 2. The van der Waals surface area contributed by atoms with Gasteiger partial charge in [0.05, 0.1) is 5.52 Å². The molecule has 0 saturated heterocycles. The standard InChI is InChI=1S/C17H17N3/c1-17(2)11-18-16-14(4-3-5-15(16)17)12-7-9-20-13(10-12)6-8-19-20/h3-10,18H,11H2,1-2H3. The van der Waals surface area contributed by atoms with E-state index in [1.807, 2.05) is 23.0 Å². The number of nitrogens with zero attached hydrogens (tertiary/aromatic N) is 2. The van der Waals surface area contributed by atoms with Crippen LogP contribution in [0.4, 0.5) is 5.69 Å². The minimum absolute atomic E-state index is 0.200. The monoisotopic (exact) mass is 263 g/mol. The van der Waals surface area contributed by atoms with Crippen molar-refractivity contribution >= 4 is 11.2 Å². The lowest BCUT2D eigenvalue weighted by Crippen LogP contribution is -2.18. The van der Waals surface area contributed by atoms with E-state index in [-0.39, 0.29) is 5.41 Å². The van der Waals surface area contributed by atoms with E-state index in [1.165, 1.54) is 22.4 Å². The number of aromatic nitrogens is 2. The first-order valence-electron chi connectivity index (χ1n) is 6.96. The van der Waals surface area contributed by atoms with Gasteiger partial charge in [-0.25, -0.2) is 4.52 Å². The maximum atomic E-state index is 4.25. The Labute approximate surface area is 118 Å². The number of pyridine rings is 1. The summed E-state index contributed by atoms with van der Waals surface area (Å²) in [7, 11) is 0. The second kappa shape index (κ2) is 3.85. The normalized spacial score (nSPS) is 16.1. The molecule has 3 heteroatoms. The number of rotatable bonds is 1. The number of para-hydroxylation sites is 1. The molecule has 4 rings (SSSR count). The first-order valence-corrected chi connectivity index (χ1v) is 6.96. The van der Waals surface area contributed by atoms with Crippen LogP contribution in [0.5, 0.6) is 0 Å². The Kier molecular flexibility index (Phi) is 2.22. The van der Waals surface area contributed by atoms with Crippen LogP contribution in [0.2, 0.25) is 0 Å². The maximum Gasteiger partial charge on any atom is 0.0667 e. The number of benzene rings is 1. The molecule has 0 radical (unpaired) electrons. The van der Waals surface area contributed by atoms with Crippen molar-refractivity contribution in [2.24, 2.45) is 0 Å². The molecular formula is C17H17N3. The molecule has 3 aromatic rings. The Balaban J connectivity index is 1.93. The molecule has 1 aliphatic rings. The number of anilines is 1. The molecule has 20 heavy (non-hydrogen) atoms. The van der Waals surface area contributed by atoms with Gasteiger partial charge in [0.2, 0.25) is 0 Å². The van der Waals surface area contributed by atoms with Gasteiger partial charge in [0.25, 0.3) is 0 Å². The second-order valence-corrected chi connectivity index (χ2v) is 6.08. The van der Waals surface area contributed by atoms with Gasteiger partial charge >= 0.3 is 0 Å². The molecule has 3 heterocycles. The van der Waals surface area contributed by atoms with Gasteiger partial charge < -0.3 is 5.32 Å². The summed E-state index contributed by atoms with van der Waals surface area (Å²) in [5, 5.41) is 7.83. The fourth-order valence-corrected chi connectivity index (χ4v) is 3.04. The summed E-state index contributed by atoms with van der Waals surface area (Å²) in [6.07, 6.45) is 3.85. The predicted octanol–water partition coefficient (Wildman–Crippen LogP) is 3.70. The average Bonchev–Trinajstić information content (AvgIpc) is 3.03. The van der Waals surface area contributed by atoms with Crippen molar-refractivity contribution in [1.82, 2.24) is 9.61 Å². The van der Waals surface area contributed by atoms with Gasteiger partial charge in [0.15, 0.2) is 0 Å². The number of nitrogens with one attached hydrogen (secondary N) is 1. The summed E-state index contributed by atoms with van der Waals surface area (Å²) in [5.74, 6) is 0. The van der Waals surface area contributed by atoms with Crippen molar-refractivity contribution < 1.29 is 0 Å². The topological polar surface area (TPSA) is 29.3 Å². The lowest BCUT2D eigenvalue weighted by molar-refractivity contribution is 0.586. The molecule has 100 valence electrons. The summed E-state index contributed by atoms with van der Waals surface area (Å²) in [6.45, 7) is 5.57. The van der Waals surface area contributed by atoms with E-state index in [4.69, 9.17) is 0 Å². The first-order chi connectivity index (χ1) is 9.65. The zero-order valence-corrected chi connectivity index (χ0v) is 11.7. The quantitative estimate of drug-likeness (QED) is 0.725. The van der Waals surface area contributed by atoms with Crippen molar-refractivity contribution in [2.75, 3.05) is 11.9 Å². The molecule has 0 saturated carbocycles. The average molecular weight is 263 g/mol. The summed E-state index contributed by atoms with van der Waals surface area (Å²) in [4.78, 5) is 0. The summed E-state index contributed by atoms with van der Waals surface area (Å²) in [5.41, 5.74) is 6.52. The number of hydrogen-bond donors (Lipinski definition) is 1. The zero-order chi connectivity index (χ0) is 13.7. The molecule has 0 bridgehead atoms. The Morgan fingerprint density at radius 1 is 1.20 bits per heavy atom. The second-order valence-electron chi connectivity index (χ2n) is 6.08. The van der Waals surface area contributed by atoms with E-state index in [1.54, 1.807) is 0 Å². The molecule has 3 nitrogen and oxygen atoms in total. The van der Waals surface area contributed by atoms with Gasteiger partial charge in [-0.1, -0.05) is 32.0 Å². The highest BCUT2D eigenvalue weighted by molar-refractivity contribution is 5.84. The van der Waals surface area contributed by atoms with E-state index in [9.17, 15) is 0 Å². The van der Waals surface area contributed by atoms with Crippen molar-refractivity contribution in [1.29, 1.82) is 0 Å². The van der Waals surface area contributed by atoms with Crippen LogP contribution in [0.3, 0.4) is 0 Å². The Hall–Kier alpha value is -2.29. The van der Waals surface area contributed by atoms with Gasteiger partial charge in [-0.05, 0) is 29.3 Å². The first kappa shape index (κ1) is 11.5. The van der Waals surface area contributed by atoms with Crippen LogP contribution < -0.4 is 5.32 Å². The van der Waals surface area contributed by atoms with Gasteiger partial charge in [0, 0.05) is 35.6 Å². The molecule has 1 N–H and O–H groups in total. The van der Waals surface area contributed by atoms with Crippen LogP contribution in [-0.4, -0.2) is 16.2 Å². The fourth-order valence-electron chi connectivity index (χ4n) is 3.04. The van der Waals surface area contributed by atoms with E-state index >= 15 is 0 Å². The van der Waals surface area contributed by atoms with Crippen molar-refractivity contribution in [3.63, 3.8) is 0 Å². The van der Waals surface area contributed by atoms with E-state index in [0.29, 0.717) is 0 Å². The fraction of sp³-hybridized carbons (Fsp3) is 0.235. The third-order valence-corrected chi connectivity index (χ3v) is 4.21. The Morgan fingerprint density at radius 2 is 2.10 bits per heavy atom. The highest BCUT2D eigenvalue weighted by atomic mass is 15.2. The largest absolute Gasteiger partial charge is 0.383 e. The minimum Gasteiger partial charge on any atom is -0.383 e. The summed E-state index contributed by atoms with van der Waals surface area (Å²) >= 11 is 0. The Bertz CT molecular complexity index is 799. The summed E-state index contributed by atoms with van der Waals surface area (Å²) in [6, 6.07) is 12.9. The molecule has 2 aromatic heterocycles. The molecule has 0 fully saturated rings. The molecule has 1 aromatic carbocycles. The summed E-state index contributed by atoms with van der Waals surface area (Å²) < 4.78 is 1.89. The van der Waals surface area contributed by atoms with Crippen LogP contribution in [0.1, 0.15) is 19.4 Å². The lowest BCUT2D eigenvalue weighted by atomic mass is 9.85. The highest BCUT2D eigenvalue weighted by Gasteiger charge is 2.31. The molecular weight excluding hydrogens is 246 g/mol. The lowest BCUT2D eigenvalue weighted by Gasteiger charge is -2.17. The van der Waals surface area contributed by atoms with Crippen LogP contribution in [0, 0.1) is 0 Å². The third-order valence-electron chi connectivity index (χ3n) is 4.21. The van der Waals surface area contributed by atoms with Crippen LogP contribution in [-0.2, 0) is 5.41 Å². The zero-order valence-electron chi connectivity index (χ0n) is 11.7.